The summed E-state index contributed by atoms with van der Waals surface area (Å²) < 4.78 is 1.42. The molecule has 1 unspecified atom stereocenters. The Hall–Kier alpha value is -1.56. The van der Waals surface area contributed by atoms with E-state index < -0.39 is 6.04 Å². The fraction of sp³-hybridized carbons (Fsp3) is 0.643. The van der Waals surface area contributed by atoms with Gasteiger partial charge in [0.1, 0.15) is 11.7 Å². The summed E-state index contributed by atoms with van der Waals surface area (Å²) in [6, 6.07) is -0.504. The first-order valence-electron chi connectivity index (χ1n) is 7.21. The molecule has 7 heteroatoms. The maximum Gasteiger partial charge on any atom is 0.291 e. The SMILES string of the molecule is CC(C)NC(=O)C(C)Nc1c(Cl)cnn(CC2CC2)c1=O. The second kappa shape index (κ2) is 6.47. The zero-order valence-corrected chi connectivity index (χ0v) is 13.3. The first kappa shape index (κ1) is 15.8. The van der Waals surface area contributed by atoms with Gasteiger partial charge in [0.05, 0.1) is 11.2 Å². The van der Waals surface area contributed by atoms with Crippen molar-refractivity contribution in [2.45, 2.75) is 52.2 Å². The van der Waals surface area contributed by atoms with Crippen molar-refractivity contribution in [3.8, 4) is 0 Å². The van der Waals surface area contributed by atoms with E-state index in [1.165, 1.54) is 10.9 Å². The highest BCUT2D eigenvalue weighted by atomic mass is 35.5. The molecule has 0 aliphatic heterocycles. The molecule has 1 aromatic heterocycles. The molecule has 6 nitrogen and oxygen atoms in total. The molecule has 116 valence electrons. The fourth-order valence-electron chi connectivity index (χ4n) is 1.97. The van der Waals surface area contributed by atoms with Crippen LogP contribution in [0.2, 0.25) is 5.02 Å². The van der Waals surface area contributed by atoms with Gasteiger partial charge in [0.25, 0.3) is 5.56 Å². The van der Waals surface area contributed by atoms with Gasteiger partial charge in [0.2, 0.25) is 5.91 Å². The predicted octanol–water partition coefficient (Wildman–Crippen LogP) is 1.63. The molecule has 1 heterocycles. The van der Waals surface area contributed by atoms with Gasteiger partial charge in [-0.15, -0.1) is 0 Å². The van der Waals surface area contributed by atoms with Crippen LogP contribution in [0.15, 0.2) is 11.0 Å². The van der Waals surface area contributed by atoms with E-state index in [9.17, 15) is 9.59 Å². The number of hydrogen-bond donors (Lipinski definition) is 2. The largest absolute Gasteiger partial charge is 0.368 e. The molecule has 1 aliphatic carbocycles. The number of amides is 1. The molecule has 1 atom stereocenters. The van der Waals surface area contributed by atoms with Crippen LogP contribution in [0, 0.1) is 5.92 Å². The van der Waals surface area contributed by atoms with Crippen LogP contribution in [0.5, 0.6) is 0 Å². The van der Waals surface area contributed by atoms with E-state index in [1.807, 2.05) is 13.8 Å². The average Bonchev–Trinajstić information content (AvgIpc) is 3.21. The van der Waals surface area contributed by atoms with Crippen LogP contribution in [0.4, 0.5) is 5.69 Å². The highest BCUT2D eigenvalue weighted by Crippen LogP contribution is 2.30. The van der Waals surface area contributed by atoms with E-state index in [0.717, 1.165) is 12.8 Å². The number of anilines is 1. The zero-order chi connectivity index (χ0) is 15.6. The van der Waals surface area contributed by atoms with Gasteiger partial charge in [-0.3, -0.25) is 9.59 Å². The van der Waals surface area contributed by atoms with Crippen molar-refractivity contribution in [1.82, 2.24) is 15.1 Å². The van der Waals surface area contributed by atoms with Gasteiger partial charge < -0.3 is 10.6 Å². The molecule has 0 bridgehead atoms. The third-order valence-electron chi connectivity index (χ3n) is 3.31. The molecule has 0 aromatic carbocycles. The molecule has 0 radical (unpaired) electrons. The lowest BCUT2D eigenvalue weighted by atomic mass is 10.2. The van der Waals surface area contributed by atoms with E-state index in [4.69, 9.17) is 11.6 Å². The monoisotopic (exact) mass is 312 g/mol. The minimum atomic E-state index is -0.547. The summed E-state index contributed by atoms with van der Waals surface area (Å²) in [7, 11) is 0. The van der Waals surface area contributed by atoms with Crippen molar-refractivity contribution in [2.75, 3.05) is 5.32 Å². The number of hydrogen-bond acceptors (Lipinski definition) is 4. The van der Waals surface area contributed by atoms with Crippen LogP contribution in [0.1, 0.15) is 33.6 Å². The van der Waals surface area contributed by atoms with Crippen molar-refractivity contribution < 1.29 is 4.79 Å². The minimum Gasteiger partial charge on any atom is -0.368 e. The molecule has 0 spiro atoms. The first-order valence-corrected chi connectivity index (χ1v) is 7.58. The van der Waals surface area contributed by atoms with Crippen molar-refractivity contribution in [3.05, 3.63) is 21.6 Å². The van der Waals surface area contributed by atoms with E-state index in [2.05, 4.69) is 15.7 Å². The predicted molar refractivity (Wildman–Crippen MR) is 82.6 cm³/mol. The highest BCUT2D eigenvalue weighted by Gasteiger charge is 2.24. The van der Waals surface area contributed by atoms with Gasteiger partial charge in [-0.25, -0.2) is 4.68 Å². The fourth-order valence-corrected chi connectivity index (χ4v) is 2.14. The topological polar surface area (TPSA) is 76.0 Å². The summed E-state index contributed by atoms with van der Waals surface area (Å²) in [5.74, 6) is 0.358. The Kier molecular flexibility index (Phi) is 4.88. The first-order chi connectivity index (χ1) is 9.88. The molecule has 2 N–H and O–H groups in total. The molecule has 2 rings (SSSR count). The van der Waals surface area contributed by atoms with Crippen molar-refractivity contribution in [1.29, 1.82) is 0 Å². The van der Waals surface area contributed by atoms with Crippen molar-refractivity contribution in [3.63, 3.8) is 0 Å². The summed E-state index contributed by atoms with van der Waals surface area (Å²) >= 11 is 6.04. The molecule has 1 fully saturated rings. The maximum absolute atomic E-state index is 12.4. The smallest absolute Gasteiger partial charge is 0.291 e. The second-order valence-electron chi connectivity index (χ2n) is 5.83. The quantitative estimate of drug-likeness (QED) is 0.837. The van der Waals surface area contributed by atoms with Crippen molar-refractivity contribution in [2.24, 2.45) is 5.92 Å². The lowest BCUT2D eigenvalue weighted by molar-refractivity contribution is -0.122. The van der Waals surface area contributed by atoms with E-state index in [1.54, 1.807) is 6.92 Å². The third-order valence-corrected chi connectivity index (χ3v) is 3.60. The number of rotatable bonds is 6. The molecule has 1 aliphatic rings. The van der Waals surface area contributed by atoms with Crippen LogP contribution < -0.4 is 16.2 Å². The average molecular weight is 313 g/mol. The molecule has 0 saturated heterocycles. The normalized spacial score (nSPS) is 15.9. The number of halogens is 1. The van der Waals surface area contributed by atoms with Crippen molar-refractivity contribution >= 4 is 23.2 Å². The lowest BCUT2D eigenvalue weighted by Crippen LogP contribution is -2.42. The second-order valence-corrected chi connectivity index (χ2v) is 6.23. The van der Waals surface area contributed by atoms with Gasteiger partial charge in [-0.1, -0.05) is 11.6 Å². The number of nitrogens with zero attached hydrogens (tertiary/aromatic N) is 2. The van der Waals surface area contributed by atoms with Gasteiger partial charge in [0.15, 0.2) is 0 Å². The summed E-state index contributed by atoms with van der Waals surface area (Å²) in [6.45, 7) is 6.07. The Morgan fingerprint density at radius 1 is 1.48 bits per heavy atom. The molecule has 1 saturated carbocycles. The minimum absolute atomic E-state index is 0.0428. The molecule has 1 amide bonds. The number of nitrogens with one attached hydrogen (secondary N) is 2. The molecule has 1 aromatic rings. The third kappa shape index (κ3) is 4.20. The summed E-state index contributed by atoms with van der Waals surface area (Å²) in [4.78, 5) is 24.3. The van der Waals surface area contributed by atoms with Crippen LogP contribution in [-0.2, 0) is 11.3 Å². The van der Waals surface area contributed by atoms with Gasteiger partial charge in [0, 0.05) is 12.6 Å². The zero-order valence-electron chi connectivity index (χ0n) is 12.5. The number of carbonyl (C=O) groups is 1. The maximum atomic E-state index is 12.4. The Morgan fingerprint density at radius 2 is 2.14 bits per heavy atom. The number of aromatic nitrogens is 2. The van der Waals surface area contributed by atoms with E-state index in [0.29, 0.717) is 12.5 Å². The van der Waals surface area contributed by atoms with Crippen LogP contribution >= 0.6 is 11.6 Å². The molecule has 21 heavy (non-hydrogen) atoms. The highest BCUT2D eigenvalue weighted by molar-refractivity contribution is 6.33. The van der Waals surface area contributed by atoms with Crippen LogP contribution in [0.3, 0.4) is 0 Å². The Labute approximate surface area is 128 Å². The lowest BCUT2D eigenvalue weighted by Gasteiger charge is -2.17. The Morgan fingerprint density at radius 3 is 2.71 bits per heavy atom. The Bertz CT molecular complexity index is 581. The Balaban J connectivity index is 2.14. The standard InChI is InChI=1S/C14H21ClN4O2/c1-8(2)17-13(20)9(3)18-12-11(15)6-16-19(14(12)21)7-10-4-5-10/h6,8-10,18H,4-5,7H2,1-3H3,(H,17,20). The molecular weight excluding hydrogens is 292 g/mol. The number of carbonyl (C=O) groups excluding carboxylic acids is 1. The summed E-state index contributed by atoms with van der Waals surface area (Å²) in [5, 5.41) is 9.97. The van der Waals surface area contributed by atoms with E-state index >= 15 is 0 Å². The molecular formula is C14H21ClN4O2. The van der Waals surface area contributed by atoms with Gasteiger partial charge in [-0.2, -0.15) is 5.10 Å². The summed E-state index contributed by atoms with van der Waals surface area (Å²) in [6.07, 6.45) is 3.71. The van der Waals surface area contributed by atoms with Crippen LogP contribution in [-0.4, -0.2) is 27.8 Å². The summed E-state index contributed by atoms with van der Waals surface area (Å²) in [5.41, 5.74) is -0.0441. The van der Waals surface area contributed by atoms with Crippen LogP contribution in [0.25, 0.3) is 0 Å². The van der Waals surface area contributed by atoms with Gasteiger partial charge >= 0.3 is 0 Å². The van der Waals surface area contributed by atoms with Gasteiger partial charge in [-0.05, 0) is 39.5 Å². The van der Waals surface area contributed by atoms with E-state index in [-0.39, 0.29) is 28.2 Å².